The van der Waals surface area contributed by atoms with Gasteiger partial charge in [-0.2, -0.15) is 0 Å². The van der Waals surface area contributed by atoms with Gasteiger partial charge in [0.1, 0.15) is 17.7 Å². The van der Waals surface area contributed by atoms with Crippen molar-refractivity contribution in [3.63, 3.8) is 0 Å². The molecule has 33 heavy (non-hydrogen) atoms. The number of nitrogens with zero attached hydrogens (tertiary/aromatic N) is 2. The van der Waals surface area contributed by atoms with E-state index in [1.807, 2.05) is 84.9 Å². The van der Waals surface area contributed by atoms with Crippen LogP contribution in [0.25, 0.3) is 10.2 Å². The van der Waals surface area contributed by atoms with Crippen molar-refractivity contribution in [1.29, 1.82) is 0 Å². The molecule has 0 radical (unpaired) electrons. The van der Waals surface area contributed by atoms with Crippen LogP contribution in [0.5, 0.6) is 0 Å². The molecule has 6 nitrogen and oxygen atoms in total. The smallest absolute Gasteiger partial charge is 0.408 e. The van der Waals surface area contributed by atoms with Gasteiger partial charge in [0.25, 0.3) is 0 Å². The summed E-state index contributed by atoms with van der Waals surface area (Å²) >= 11 is 1.56. The van der Waals surface area contributed by atoms with Crippen LogP contribution in [0.2, 0.25) is 0 Å². The molecule has 0 unspecified atom stereocenters. The summed E-state index contributed by atoms with van der Waals surface area (Å²) in [5, 5.41) is 3.60. The summed E-state index contributed by atoms with van der Waals surface area (Å²) in [6, 6.07) is 26.2. The second-order valence-electron chi connectivity index (χ2n) is 7.72. The standard InChI is InChI=1S/C26H25N3O3S/c1-29(17-24-27-21-14-8-9-15-23(21)33-24)25(30)22(16-19-10-4-2-5-11-19)28-26(31)32-18-20-12-6-3-7-13-20/h2-15,22H,16-18H2,1H3,(H,28,31)/t22-/m0/s1. The zero-order valence-corrected chi connectivity index (χ0v) is 19.1. The summed E-state index contributed by atoms with van der Waals surface area (Å²) in [4.78, 5) is 32.0. The van der Waals surface area contributed by atoms with Crippen molar-refractivity contribution in [3.05, 3.63) is 101 Å². The molecule has 0 fully saturated rings. The summed E-state index contributed by atoms with van der Waals surface area (Å²) in [6.45, 7) is 0.505. The molecule has 0 saturated carbocycles. The number of para-hydroxylation sites is 1. The normalized spacial score (nSPS) is 11.7. The predicted molar refractivity (Wildman–Crippen MR) is 130 cm³/mol. The molecule has 7 heteroatoms. The Morgan fingerprint density at radius 1 is 0.939 bits per heavy atom. The molecule has 0 aliphatic heterocycles. The number of nitrogens with one attached hydrogen (secondary N) is 1. The van der Waals surface area contributed by atoms with Gasteiger partial charge in [-0.15, -0.1) is 11.3 Å². The minimum atomic E-state index is -0.755. The molecule has 1 aromatic heterocycles. The highest BCUT2D eigenvalue weighted by atomic mass is 32.1. The second kappa shape index (κ2) is 10.7. The molecule has 1 atom stereocenters. The molecule has 0 spiro atoms. The quantitative estimate of drug-likeness (QED) is 0.411. The van der Waals surface area contributed by atoms with E-state index in [1.54, 1.807) is 23.3 Å². The lowest BCUT2D eigenvalue weighted by atomic mass is 10.1. The first kappa shape index (κ1) is 22.5. The van der Waals surface area contributed by atoms with Crippen LogP contribution in [0.3, 0.4) is 0 Å². The number of alkyl carbamates (subject to hydrolysis) is 1. The molecule has 4 aromatic rings. The number of hydrogen-bond donors (Lipinski definition) is 1. The van der Waals surface area contributed by atoms with E-state index in [0.29, 0.717) is 13.0 Å². The van der Waals surface area contributed by atoms with Crippen LogP contribution in [0.1, 0.15) is 16.1 Å². The maximum atomic E-state index is 13.3. The molecule has 3 aromatic carbocycles. The average molecular weight is 460 g/mol. The molecule has 0 saturated heterocycles. The van der Waals surface area contributed by atoms with E-state index in [1.165, 1.54) is 0 Å². The summed E-state index contributed by atoms with van der Waals surface area (Å²) < 4.78 is 6.43. The lowest BCUT2D eigenvalue weighted by Crippen LogP contribution is -2.48. The molecular formula is C26H25N3O3S. The van der Waals surface area contributed by atoms with Crippen LogP contribution in [-0.4, -0.2) is 35.0 Å². The van der Waals surface area contributed by atoms with Crippen LogP contribution in [0, 0.1) is 0 Å². The molecular weight excluding hydrogens is 434 g/mol. The number of aromatic nitrogens is 1. The maximum Gasteiger partial charge on any atom is 0.408 e. The molecule has 0 aliphatic carbocycles. The topological polar surface area (TPSA) is 71.5 Å². The predicted octanol–water partition coefficient (Wildman–Crippen LogP) is 4.79. The van der Waals surface area contributed by atoms with Gasteiger partial charge in [0.15, 0.2) is 0 Å². The van der Waals surface area contributed by atoms with Gasteiger partial charge < -0.3 is 15.0 Å². The van der Waals surface area contributed by atoms with E-state index in [2.05, 4.69) is 10.3 Å². The van der Waals surface area contributed by atoms with Gasteiger partial charge in [-0.3, -0.25) is 4.79 Å². The van der Waals surface area contributed by atoms with Crippen LogP contribution >= 0.6 is 11.3 Å². The molecule has 4 rings (SSSR count). The Labute approximate surface area is 196 Å². The Morgan fingerprint density at radius 3 is 2.27 bits per heavy atom. The second-order valence-corrected chi connectivity index (χ2v) is 8.83. The number of fused-ring (bicyclic) bond motifs is 1. The van der Waals surface area contributed by atoms with Gasteiger partial charge in [0.2, 0.25) is 5.91 Å². The van der Waals surface area contributed by atoms with E-state index in [9.17, 15) is 9.59 Å². The molecule has 0 aliphatic rings. The van der Waals surface area contributed by atoms with Crippen molar-refractivity contribution in [2.45, 2.75) is 25.6 Å². The first-order valence-corrected chi connectivity index (χ1v) is 11.5. The lowest BCUT2D eigenvalue weighted by Gasteiger charge is -2.24. The monoisotopic (exact) mass is 459 g/mol. The van der Waals surface area contributed by atoms with E-state index in [4.69, 9.17) is 4.74 Å². The molecule has 2 amide bonds. The summed E-state index contributed by atoms with van der Waals surface area (Å²) in [6.07, 6.45) is -0.258. The zero-order valence-electron chi connectivity index (χ0n) is 18.3. The Bertz CT molecular complexity index is 1180. The van der Waals surface area contributed by atoms with Crippen molar-refractivity contribution < 1.29 is 14.3 Å². The minimum absolute atomic E-state index is 0.139. The minimum Gasteiger partial charge on any atom is -0.445 e. The number of rotatable bonds is 8. The van der Waals surface area contributed by atoms with Gasteiger partial charge in [-0.25, -0.2) is 9.78 Å². The number of amides is 2. The van der Waals surface area contributed by atoms with Gasteiger partial charge >= 0.3 is 6.09 Å². The fraction of sp³-hybridized carbons (Fsp3) is 0.192. The summed E-state index contributed by atoms with van der Waals surface area (Å²) in [5.74, 6) is -0.199. The number of likely N-dealkylation sites (N-methyl/N-ethyl adjacent to an activating group) is 1. The highest BCUT2D eigenvalue weighted by molar-refractivity contribution is 7.18. The van der Waals surface area contributed by atoms with Crippen molar-refractivity contribution in [3.8, 4) is 0 Å². The molecule has 1 N–H and O–H groups in total. The van der Waals surface area contributed by atoms with E-state index < -0.39 is 12.1 Å². The number of thiazole rings is 1. The number of carbonyl (C=O) groups is 2. The average Bonchev–Trinajstić information content (AvgIpc) is 3.25. The van der Waals surface area contributed by atoms with Gasteiger partial charge in [0.05, 0.1) is 16.8 Å². The van der Waals surface area contributed by atoms with E-state index in [0.717, 1.165) is 26.4 Å². The number of benzene rings is 3. The Balaban J connectivity index is 1.44. The van der Waals surface area contributed by atoms with Crippen molar-refractivity contribution in [2.75, 3.05) is 7.05 Å². The third-order valence-electron chi connectivity index (χ3n) is 5.17. The SMILES string of the molecule is CN(Cc1nc2ccccc2s1)C(=O)[C@H](Cc1ccccc1)NC(=O)OCc1ccccc1. The fourth-order valence-corrected chi connectivity index (χ4v) is 4.51. The Kier molecular flexibility index (Phi) is 7.32. The Hall–Kier alpha value is -3.71. The number of ether oxygens (including phenoxy) is 1. The van der Waals surface area contributed by atoms with Crippen LogP contribution < -0.4 is 5.32 Å². The maximum absolute atomic E-state index is 13.3. The van der Waals surface area contributed by atoms with Gasteiger partial charge in [0, 0.05) is 13.5 Å². The lowest BCUT2D eigenvalue weighted by molar-refractivity contribution is -0.132. The van der Waals surface area contributed by atoms with E-state index in [-0.39, 0.29) is 12.5 Å². The first-order valence-electron chi connectivity index (χ1n) is 10.7. The third-order valence-corrected chi connectivity index (χ3v) is 6.19. The number of hydrogen-bond acceptors (Lipinski definition) is 5. The molecule has 168 valence electrons. The zero-order chi connectivity index (χ0) is 23.0. The summed E-state index contributed by atoms with van der Waals surface area (Å²) in [5.41, 5.74) is 2.75. The third kappa shape index (κ3) is 6.17. The van der Waals surface area contributed by atoms with Crippen LogP contribution in [-0.2, 0) is 29.1 Å². The first-order chi connectivity index (χ1) is 16.1. The molecule has 0 bridgehead atoms. The fourth-order valence-electron chi connectivity index (χ4n) is 3.49. The van der Waals surface area contributed by atoms with Crippen molar-refractivity contribution in [2.24, 2.45) is 0 Å². The van der Waals surface area contributed by atoms with Crippen molar-refractivity contribution >= 4 is 33.6 Å². The summed E-state index contributed by atoms with van der Waals surface area (Å²) in [7, 11) is 1.73. The van der Waals surface area contributed by atoms with Crippen LogP contribution in [0.4, 0.5) is 4.79 Å². The molecule has 1 heterocycles. The van der Waals surface area contributed by atoms with E-state index >= 15 is 0 Å². The largest absolute Gasteiger partial charge is 0.445 e. The number of carbonyl (C=O) groups excluding carboxylic acids is 2. The van der Waals surface area contributed by atoms with Gasteiger partial charge in [-0.05, 0) is 23.3 Å². The Morgan fingerprint density at radius 2 is 1.58 bits per heavy atom. The van der Waals surface area contributed by atoms with Crippen LogP contribution in [0.15, 0.2) is 84.9 Å². The highest BCUT2D eigenvalue weighted by Gasteiger charge is 2.26. The van der Waals surface area contributed by atoms with Gasteiger partial charge in [-0.1, -0.05) is 72.8 Å². The highest BCUT2D eigenvalue weighted by Crippen LogP contribution is 2.22. The van der Waals surface area contributed by atoms with Crippen molar-refractivity contribution in [1.82, 2.24) is 15.2 Å².